The lowest BCUT2D eigenvalue weighted by Crippen LogP contribution is -2.06. The Balaban J connectivity index is 3.13. The number of hydrogen-bond acceptors (Lipinski definition) is 2. The smallest absolute Gasteiger partial charge is 0.339 e. The van der Waals surface area contributed by atoms with Crippen LogP contribution in [0.25, 0.3) is 0 Å². The second-order valence-electron chi connectivity index (χ2n) is 2.47. The van der Waals surface area contributed by atoms with Crippen molar-refractivity contribution in [2.45, 2.75) is 6.92 Å². The van der Waals surface area contributed by atoms with E-state index in [1.54, 1.807) is 13.0 Å². The summed E-state index contributed by atoms with van der Waals surface area (Å²) in [6, 6.07) is 3.66. The number of benzene rings is 1. The minimum absolute atomic E-state index is 0.307. The predicted molar refractivity (Wildman–Crippen MR) is 70.5 cm³/mol. The van der Waals surface area contributed by atoms with Crippen LogP contribution in [0.3, 0.4) is 0 Å². The molecule has 1 aromatic rings. The van der Waals surface area contributed by atoms with Crippen LogP contribution >= 0.6 is 54.5 Å². The highest BCUT2D eigenvalue weighted by molar-refractivity contribution is 14.1. The summed E-state index contributed by atoms with van der Waals surface area (Å²) in [4.78, 5) is 11.5. The topological polar surface area (TPSA) is 26.3 Å². The standard InChI is InChI=1S/C9H7Br2IO2/c1-2-14-9(13)6-3-5(10)4-7(12)8(6)11/h3-4H,2H2,1H3. The third kappa shape index (κ3) is 2.93. The van der Waals surface area contributed by atoms with Gasteiger partial charge < -0.3 is 4.74 Å². The quantitative estimate of drug-likeness (QED) is 0.400. The Labute approximate surface area is 113 Å². The zero-order valence-corrected chi connectivity index (χ0v) is 12.6. The van der Waals surface area contributed by atoms with E-state index >= 15 is 0 Å². The van der Waals surface area contributed by atoms with Crippen molar-refractivity contribution in [1.29, 1.82) is 0 Å². The molecule has 5 heteroatoms. The van der Waals surface area contributed by atoms with Gasteiger partial charge in [0.05, 0.1) is 12.2 Å². The molecule has 1 aromatic carbocycles. The van der Waals surface area contributed by atoms with Gasteiger partial charge in [-0.2, -0.15) is 0 Å². The Hall–Kier alpha value is 0.380. The first-order valence-electron chi connectivity index (χ1n) is 3.88. The van der Waals surface area contributed by atoms with Gasteiger partial charge in [-0.15, -0.1) is 0 Å². The van der Waals surface area contributed by atoms with Crippen LogP contribution in [-0.2, 0) is 4.74 Å². The Morgan fingerprint density at radius 2 is 2.14 bits per heavy atom. The summed E-state index contributed by atoms with van der Waals surface area (Å²) in [5, 5.41) is 0. The van der Waals surface area contributed by atoms with Crippen molar-refractivity contribution in [3.05, 3.63) is 30.2 Å². The fraction of sp³-hybridized carbons (Fsp3) is 0.222. The van der Waals surface area contributed by atoms with Crippen LogP contribution in [0.1, 0.15) is 17.3 Å². The van der Waals surface area contributed by atoms with E-state index in [0.717, 1.165) is 12.5 Å². The number of carbonyl (C=O) groups excluding carboxylic acids is 1. The lowest BCUT2D eigenvalue weighted by Gasteiger charge is -2.06. The van der Waals surface area contributed by atoms with Crippen molar-refractivity contribution in [3.8, 4) is 0 Å². The molecule has 0 aliphatic carbocycles. The van der Waals surface area contributed by atoms with Gasteiger partial charge in [0, 0.05) is 12.5 Å². The van der Waals surface area contributed by atoms with Crippen LogP contribution in [0.4, 0.5) is 0 Å². The molecule has 0 saturated carbocycles. The van der Waals surface area contributed by atoms with Gasteiger partial charge >= 0.3 is 5.97 Å². The number of halogens is 3. The molecule has 0 spiro atoms. The summed E-state index contributed by atoms with van der Waals surface area (Å²) in [6.45, 7) is 2.17. The largest absolute Gasteiger partial charge is 0.462 e. The summed E-state index contributed by atoms with van der Waals surface area (Å²) in [5.41, 5.74) is 0.547. The molecular formula is C9H7Br2IO2. The zero-order chi connectivity index (χ0) is 10.7. The summed E-state index contributed by atoms with van der Waals surface area (Å²) >= 11 is 8.84. The van der Waals surface area contributed by atoms with Gasteiger partial charge in [0.1, 0.15) is 0 Å². The second kappa shape index (κ2) is 5.46. The monoisotopic (exact) mass is 432 g/mol. The molecule has 0 atom stereocenters. The minimum atomic E-state index is -0.307. The molecule has 0 fully saturated rings. The summed E-state index contributed by atoms with van der Waals surface area (Å²) in [7, 11) is 0. The highest BCUT2D eigenvalue weighted by atomic mass is 127. The molecular weight excluding hydrogens is 427 g/mol. The first kappa shape index (κ1) is 12.4. The molecule has 1 rings (SSSR count). The van der Waals surface area contributed by atoms with E-state index in [1.165, 1.54) is 0 Å². The molecule has 0 unspecified atom stereocenters. The lowest BCUT2D eigenvalue weighted by molar-refractivity contribution is 0.0525. The van der Waals surface area contributed by atoms with E-state index in [-0.39, 0.29) is 5.97 Å². The first-order chi connectivity index (χ1) is 6.56. The molecule has 0 aliphatic heterocycles. The van der Waals surface area contributed by atoms with Crippen molar-refractivity contribution < 1.29 is 9.53 Å². The van der Waals surface area contributed by atoms with E-state index in [4.69, 9.17) is 4.74 Å². The molecule has 0 saturated heterocycles. The molecule has 76 valence electrons. The summed E-state index contributed by atoms with van der Waals surface area (Å²) < 4.78 is 7.54. The molecule has 0 aromatic heterocycles. The third-order valence-electron chi connectivity index (χ3n) is 1.49. The van der Waals surface area contributed by atoms with Crippen LogP contribution < -0.4 is 0 Å². The number of rotatable bonds is 2. The predicted octanol–water partition coefficient (Wildman–Crippen LogP) is 3.99. The Kier molecular flexibility index (Phi) is 4.86. The number of carbonyl (C=O) groups is 1. The SMILES string of the molecule is CCOC(=O)c1cc(Br)cc(I)c1Br. The van der Waals surface area contributed by atoms with Gasteiger partial charge in [0.15, 0.2) is 0 Å². The molecule has 2 nitrogen and oxygen atoms in total. The first-order valence-corrected chi connectivity index (χ1v) is 6.54. The Morgan fingerprint density at radius 3 is 2.71 bits per heavy atom. The van der Waals surface area contributed by atoms with Crippen LogP contribution in [0.15, 0.2) is 21.1 Å². The highest BCUT2D eigenvalue weighted by Crippen LogP contribution is 2.28. The highest BCUT2D eigenvalue weighted by Gasteiger charge is 2.14. The Morgan fingerprint density at radius 1 is 1.50 bits per heavy atom. The molecule has 14 heavy (non-hydrogen) atoms. The van der Waals surface area contributed by atoms with Gasteiger partial charge in [-0.3, -0.25) is 0 Å². The zero-order valence-electron chi connectivity index (χ0n) is 7.31. The van der Waals surface area contributed by atoms with Gasteiger partial charge in [-0.1, -0.05) is 15.9 Å². The third-order valence-corrected chi connectivity index (χ3v) is 4.39. The molecule has 0 N–H and O–H groups in total. The number of hydrogen-bond donors (Lipinski definition) is 0. The van der Waals surface area contributed by atoms with E-state index in [2.05, 4.69) is 54.5 Å². The number of ether oxygens (including phenoxy) is 1. The van der Waals surface area contributed by atoms with Crippen molar-refractivity contribution in [2.24, 2.45) is 0 Å². The summed E-state index contributed by atoms with van der Waals surface area (Å²) in [5.74, 6) is -0.307. The van der Waals surface area contributed by atoms with E-state index < -0.39 is 0 Å². The van der Waals surface area contributed by atoms with Crippen LogP contribution in [0, 0.1) is 3.57 Å². The second-order valence-corrected chi connectivity index (χ2v) is 5.34. The Bertz CT molecular complexity index is 366. The molecule has 0 bridgehead atoms. The van der Waals surface area contributed by atoms with Crippen molar-refractivity contribution >= 4 is 60.4 Å². The molecule has 0 heterocycles. The maximum atomic E-state index is 11.5. The van der Waals surface area contributed by atoms with Crippen LogP contribution in [0.2, 0.25) is 0 Å². The van der Waals surface area contributed by atoms with Crippen molar-refractivity contribution in [3.63, 3.8) is 0 Å². The van der Waals surface area contributed by atoms with E-state index in [9.17, 15) is 4.79 Å². The van der Waals surface area contributed by atoms with E-state index in [1.807, 2.05) is 6.07 Å². The molecule has 0 aliphatic rings. The fourth-order valence-corrected chi connectivity index (χ4v) is 2.82. The molecule has 0 radical (unpaired) electrons. The van der Waals surface area contributed by atoms with Gasteiger partial charge in [-0.05, 0) is 57.6 Å². The average Bonchev–Trinajstić information content (AvgIpc) is 2.11. The van der Waals surface area contributed by atoms with Crippen LogP contribution in [0.5, 0.6) is 0 Å². The average molecular weight is 434 g/mol. The normalized spacial score (nSPS) is 10.0. The fourth-order valence-electron chi connectivity index (χ4n) is 0.913. The minimum Gasteiger partial charge on any atom is -0.462 e. The number of esters is 1. The van der Waals surface area contributed by atoms with Gasteiger partial charge in [0.2, 0.25) is 0 Å². The van der Waals surface area contributed by atoms with E-state index in [0.29, 0.717) is 12.2 Å². The van der Waals surface area contributed by atoms with Gasteiger partial charge in [-0.25, -0.2) is 4.79 Å². The van der Waals surface area contributed by atoms with Crippen molar-refractivity contribution in [2.75, 3.05) is 6.61 Å². The maximum Gasteiger partial charge on any atom is 0.339 e. The van der Waals surface area contributed by atoms with Gasteiger partial charge in [0.25, 0.3) is 0 Å². The lowest BCUT2D eigenvalue weighted by atomic mass is 10.2. The van der Waals surface area contributed by atoms with Crippen molar-refractivity contribution in [1.82, 2.24) is 0 Å². The molecule has 0 amide bonds. The maximum absolute atomic E-state index is 11.5. The van der Waals surface area contributed by atoms with Crippen LogP contribution in [-0.4, -0.2) is 12.6 Å². The summed E-state index contributed by atoms with van der Waals surface area (Å²) in [6.07, 6.45) is 0.